The predicted octanol–water partition coefficient (Wildman–Crippen LogP) is 1.97. The first kappa shape index (κ1) is 13.4. The van der Waals surface area contributed by atoms with Crippen LogP contribution in [-0.2, 0) is 15.9 Å². The number of ether oxygens (including phenoxy) is 2. The number of benzene rings is 1. The Labute approximate surface area is 99.3 Å². The lowest BCUT2D eigenvalue weighted by molar-refractivity contribution is -0.116. The van der Waals surface area contributed by atoms with Crippen LogP contribution in [0.25, 0.3) is 0 Å². The molecule has 1 aromatic carbocycles. The highest BCUT2D eigenvalue weighted by atomic mass is 35.5. The molecule has 90 valence electrons. The van der Waals surface area contributed by atoms with Crippen LogP contribution >= 0.6 is 11.6 Å². The Bertz CT molecular complexity index is 345. The fourth-order valence-corrected chi connectivity index (χ4v) is 1.64. The molecule has 16 heavy (non-hydrogen) atoms. The number of methoxy groups -OCH3 is 2. The van der Waals surface area contributed by atoms with E-state index < -0.39 is 12.3 Å². The molecular weight excluding hydrogens is 233 g/mol. The first-order valence-electron chi connectivity index (χ1n) is 4.83. The minimum atomic E-state index is -0.546. The van der Waals surface area contributed by atoms with E-state index in [1.807, 2.05) is 0 Å². The van der Waals surface area contributed by atoms with E-state index in [-0.39, 0.29) is 5.82 Å². The fourth-order valence-electron chi connectivity index (χ4n) is 1.48. The van der Waals surface area contributed by atoms with Gasteiger partial charge in [-0.2, -0.15) is 0 Å². The molecule has 0 amide bonds. The molecule has 3 nitrogen and oxygen atoms in total. The quantitative estimate of drug-likeness (QED) is 0.809. The molecule has 2 N–H and O–H groups in total. The molecule has 0 radical (unpaired) electrons. The Balaban J connectivity index is 2.72. The van der Waals surface area contributed by atoms with Gasteiger partial charge in [0.15, 0.2) is 6.29 Å². The van der Waals surface area contributed by atoms with Crippen molar-refractivity contribution in [1.29, 1.82) is 0 Å². The van der Waals surface area contributed by atoms with Crippen LogP contribution in [0.15, 0.2) is 18.2 Å². The highest BCUT2D eigenvalue weighted by molar-refractivity contribution is 6.30. The number of halogens is 2. The van der Waals surface area contributed by atoms with Crippen molar-refractivity contribution in [3.05, 3.63) is 34.6 Å². The molecule has 1 atom stereocenters. The van der Waals surface area contributed by atoms with Gasteiger partial charge in [-0.3, -0.25) is 0 Å². The van der Waals surface area contributed by atoms with E-state index in [2.05, 4.69) is 0 Å². The van der Waals surface area contributed by atoms with Crippen molar-refractivity contribution in [2.24, 2.45) is 5.73 Å². The largest absolute Gasteiger partial charge is 0.354 e. The standard InChI is InChI=1S/C11H15ClFNO2/c1-15-11(16-2)10(14)5-7-3-4-8(12)6-9(7)13/h3-4,6,10-11H,5,14H2,1-2H3. The molecule has 0 aliphatic heterocycles. The molecular formula is C11H15ClFNO2. The topological polar surface area (TPSA) is 44.5 Å². The van der Waals surface area contributed by atoms with Crippen LogP contribution in [0.3, 0.4) is 0 Å². The lowest BCUT2D eigenvalue weighted by Crippen LogP contribution is -2.39. The second-order valence-corrected chi connectivity index (χ2v) is 3.88. The molecule has 0 saturated heterocycles. The monoisotopic (exact) mass is 247 g/mol. The minimum Gasteiger partial charge on any atom is -0.354 e. The van der Waals surface area contributed by atoms with Crippen LogP contribution in [0.2, 0.25) is 5.02 Å². The second kappa shape index (κ2) is 6.15. The van der Waals surface area contributed by atoms with Crippen molar-refractivity contribution in [3.63, 3.8) is 0 Å². The van der Waals surface area contributed by atoms with Crippen LogP contribution in [-0.4, -0.2) is 26.6 Å². The summed E-state index contributed by atoms with van der Waals surface area (Å²) in [6.07, 6.45) is -0.218. The van der Waals surface area contributed by atoms with Crippen LogP contribution in [0.5, 0.6) is 0 Å². The zero-order valence-corrected chi connectivity index (χ0v) is 10.00. The summed E-state index contributed by atoms with van der Waals surface area (Å²) in [6.45, 7) is 0. The summed E-state index contributed by atoms with van der Waals surface area (Å²) in [5.41, 5.74) is 6.32. The number of hydrogen-bond acceptors (Lipinski definition) is 3. The Hall–Kier alpha value is -0.680. The summed E-state index contributed by atoms with van der Waals surface area (Å²) in [6, 6.07) is 4.07. The van der Waals surface area contributed by atoms with E-state index in [1.165, 1.54) is 20.3 Å². The Morgan fingerprint density at radius 2 is 2.00 bits per heavy atom. The van der Waals surface area contributed by atoms with Gasteiger partial charge in [0.2, 0.25) is 0 Å². The van der Waals surface area contributed by atoms with Crippen molar-refractivity contribution < 1.29 is 13.9 Å². The minimum absolute atomic E-state index is 0.329. The number of hydrogen-bond donors (Lipinski definition) is 1. The molecule has 5 heteroatoms. The third-order valence-electron chi connectivity index (χ3n) is 2.28. The second-order valence-electron chi connectivity index (χ2n) is 3.44. The van der Waals surface area contributed by atoms with E-state index in [1.54, 1.807) is 12.1 Å². The van der Waals surface area contributed by atoms with Crippen LogP contribution < -0.4 is 5.73 Å². The molecule has 1 aromatic rings. The van der Waals surface area contributed by atoms with Gasteiger partial charge in [0.25, 0.3) is 0 Å². The average Bonchev–Trinajstić information content (AvgIpc) is 2.24. The molecule has 0 fully saturated rings. The first-order chi connectivity index (χ1) is 7.58. The molecule has 0 bridgehead atoms. The Morgan fingerprint density at radius 3 is 2.50 bits per heavy atom. The molecule has 1 unspecified atom stereocenters. The van der Waals surface area contributed by atoms with Crippen molar-refractivity contribution in [2.45, 2.75) is 18.8 Å². The third kappa shape index (κ3) is 3.42. The SMILES string of the molecule is COC(OC)C(N)Cc1ccc(Cl)cc1F. The zero-order valence-electron chi connectivity index (χ0n) is 9.24. The Morgan fingerprint density at radius 1 is 1.38 bits per heavy atom. The van der Waals surface area contributed by atoms with E-state index in [9.17, 15) is 4.39 Å². The predicted molar refractivity (Wildman–Crippen MR) is 60.9 cm³/mol. The smallest absolute Gasteiger partial charge is 0.172 e. The van der Waals surface area contributed by atoms with Gasteiger partial charge in [-0.25, -0.2) is 4.39 Å². The summed E-state index contributed by atoms with van der Waals surface area (Å²) in [5, 5.41) is 0.366. The average molecular weight is 248 g/mol. The molecule has 0 aliphatic rings. The van der Waals surface area contributed by atoms with E-state index in [0.717, 1.165) is 0 Å². The van der Waals surface area contributed by atoms with Gasteiger partial charge in [-0.05, 0) is 24.1 Å². The summed E-state index contributed by atoms with van der Waals surface area (Å²) >= 11 is 5.65. The van der Waals surface area contributed by atoms with Crippen molar-refractivity contribution >= 4 is 11.6 Å². The van der Waals surface area contributed by atoms with Gasteiger partial charge in [0.05, 0.1) is 6.04 Å². The third-order valence-corrected chi connectivity index (χ3v) is 2.52. The molecule has 1 rings (SSSR count). The maximum atomic E-state index is 13.5. The highest BCUT2D eigenvalue weighted by Crippen LogP contribution is 2.16. The van der Waals surface area contributed by atoms with Crippen molar-refractivity contribution in [3.8, 4) is 0 Å². The fraction of sp³-hybridized carbons (Fsp3) is 0.455. The maximum absolute atomic E-state index is 13.5. The van der Waals surface area contributed by atoms with Gasteiger partial charge >= 0.3 is 0 Å². The molecule has 0 spiro atoms. The lowest BCUT2D eigenvalue weighted by Gasteiger charge is -2.21. The molecule has 0 aromatic heterocycles. The lowest BCUT2D eigenvalue weighted by atomic mass is 10.1. The highest BCUT2D eigenvalue weighted by Gasteiger charge is 2.18. The first-order valence-corrected chi connectivity index (χ1v) is 5.21. The molecule has 0 aliphatic carbocycles. The number of nitrogens with two attached hydrogens (primary N) is 1. The van der Waals surface area contributed by atoms with Gasteiger partial charge < -0.3 is 15.2 Å². The van der Waals surface area contributed by atoms with Crippen LogP contribution in [0.1, 0.15) is 5.56 Å². The van der Waals surface area contributed by atoms with Crippen LogP contribution in [0.4, 0.5) is 4.39 Å². The summed E-state index contributed by atoms with van der Waals surface area (Å²) in [4.78, 5) is 0. The van der Waals surface area contributed by atoms with E-state index >= 15 is 0 Å². The van der Waals surface area contributed by atoms with E-state index in [4.69, 9.17) is 26.8 Å². The summed E-state index contributed by atoms with van der Waals surface area (Å²) < 4.78 is 23.5. The maximum Gasteiger partial charge on any atom is 0.172 e. The number of rotatable bonds is 5. The molecule has 0 saturated carbocycles. The van der Waals surface area contributed by atoms with Gasteiger partial charge in [0, 0.05) is 19.2 Å². The summed E-state index contributed by atoms with van der Waals surface area (Å²) in [5.74, 6) is -0.367. The Kier molecular flexibility index (Phi) is 5.15. The van der Waals surface area contributed by atoms with Crippen molar-refractivity contribution in [1.82, 2.24) is 0 Å². The zero-order chi connectivity index (χ0) is 12.1. The van der Waals surface area contributed by atoms with Gasteiger partial charge in [0.1, 0.15) is 5.82 Å². The van der Waals surface area contributed by atoms with Gasteiger partial charge in [-0.1, -0.05) is 17.7 Å². The van der Waals surface area contributed by atoms with Crippen LogP contribution in [0, 0.1) is 5.82 Å². The normalized spacial score (nSPS) is 13.1. The van der Waals surface area contributed by atoms with Crippen molar-refractivity contribution in [2.75, 3.05) is 14.2 Å². The van der Waals surface area contributed by atoms with E-state index in [0.29, 0.717) is 17.0 Å². The molecule has 0 heterocycles. The van der Waals surface area contributed by atoms with Gasteiger partial charge in [-0.15, -0.1) is 0 Å². The summed E-state index contributed by atoms with van der Waals surface area (Å²) in [7, 11) is 2.98.